The third kappa shape index (κ3) is 11.8. The van der Waals surface area contributed by atoms with Gasteiger partial charge in [0.1, 0.15) is 18.7 Å². The highest BCUT2D eigenvalue weighted by molar-refractivity contribution is 7.09. The summed E-state index contributed by atoms with van der Waals surface area (Å²) >= 11 is 17.9. The number of hydrogen-bond acceptors (Lipinski definition) is 7. The highest BCUT2D eigenvalue weighted by atomic mass is 35.6. The van der Waals surface area contributed by atoms with Crippen LogP contribution in [-0.4, -0.2) is 71.3 Å². The lowest BCUT2D eigenvalue weighted by atomic mass is 10.1. The summed E-state index contributed by atoms with van der Waals surface area (Å²) in [5.74, 6) is -1.62. The summed E-state index contributed by atoms with van der Waals surface area (Å²) in [4.78, 5) is 50.5. The molecule has 0 aliphatic rings. The van der Waals surface area contributed by atoms with Crippen LogP contribution in [0.15, 0.2) is 17.5 Å². The number of nitrogens with zero attached hydrogens (tertiary/aromatic N) is 1. The van der Waals surface area contributed by atoms with Gasteiger partial charge in [0.25, 0.3) is 0 Å². The van der Waals surface area contributed by atoms with Crippen LogP contribution in [0.2, 0.25) is 0 Å². The fourth-order valence-electron chi connectivity index (χ4n) is 2.76. The first-order valence-electron chi connectivity index (χ1n) is 9.99. The second-order valence-electron chi connectivity index (χ2n) is 7.09. The molecule has 0 fully saturated rings. The third-order valence-electron chi connectivity index (χ3n) is 4.53. The Labute approximate surface area is 211 Å². The number of primary amides is 1. The third-order valence-corrected chi connectivity index (χ3v) is 5.75. The van der Waals surface area contributed by atoms with Crippen molar-refractivity contribution in [1.82, 2.24) is 15.5 Å². The Morgan fingerprint density at radius 2 is 1.94 bits per heavy atom. The average Bonchev–Trinajstić information content (AvgIpc) is 3.26. The van der Waals surface area contributed by atoms with Gasteiger partial charge in [-0.25, -0.2) is 4.79 Å². The average molecular weight is 545 g/mol. The van der Waals surface area contributed by atoms with Crippen molar-refractivity contribution in [2.45, 2.75) is 41.6 Å². The van der Waals surface area contributed by atoms with E-state index < -0.39 is 46.3 Å². The molecule has 14 heteroatoms. The number of alkyl halides is 3. The van der Waals surface area contributed by atoms with E-state index in [1.807, 2.05) is 17.5 Å². The Morgan fingerprint density at radius 3 is 2.48 bits per heavy atom. The Morgan fingerprint density at radius 1 is 1.24 bits per heavy atom. The van der Waals surface area contributed by atoms with Crippen molar-refractivity contribution in [3.05, 3.63) is 22.4 Å². The summed E-state index contributed by atoms with van der Waals surface area (Å²) in [6.45, 7) is -0.402. The van der Waals surface area contributed by atoms with E-state index >= 15 is 0 Å². The van der Waals surface area contributed by atoms with E-state index in [4.69, 9.17) is 51.0 Å². The lowest BCUT2D eigenvalue weighted by molar-refractivity contribution is -0.139. The van der Waals surface area contributed by atoms with Gasteiger partial charge in [-0.3, -0.25) is 14.4 Å². The van der Waals surface area contributed by atoms with Gasteiger partial charge in [-0.05, 0) is 30.7 Å². The molecule has 0 saturated carbocycles. The number of nitrogens with one attached hydrogen (secondary N) is 2. The minimum atomic E-state index is -1.70. The Balaban J connectivity index is 2.58. The molecule has 2 atom stereocenters. The van der Waals surface area contributed by atoms with E-state index in [0.717, 1.165) is 4.88 Å². The van der Waals surface area contributed by atoms with Crippen LogP contribution < -0.4 is 22.1 Å². The topological polar surface area (TPSA) is 157 Å². The van der Waals surface area contributed by atoms with Crippen LogP contribution in [-0.2, 0) is 25.5 Å². The maximum atomic E-state index is 12.9. The largest absolute Gasteiger partial charge is 0.445 e. The van der Waals surface area contributed by atoms with Gasteiger partial charge in [-0.15, -0.1) is 11.3 Å². The molecule has 0 saturated heterocycles. The number of likely N-dealkylation sites (N-methyl/N-ethyl adjacent to an activating group) is 1. The van der Waals surface area contributed by atoms with Crippen molar-refractivity contribution in [2.75, 3.05) is 26.7 Å². The van der Waals surface area contributed by atoms with Gasteiger partial charge in [0.2, 0.25) is 21.5 Å². The second kappa shape index (κ2) is 14.5. The Hall–Kier alpha value is -1.79. The number of unbranched alkanes of at least 4 members (excludes halogenated alkanes) is 1. The first-order valence-corrected chi connectivity index (χ1v) is 12.0. The van der Waals surface area contributed by atoms with E-state index in [1.54, 1.807) is 0 Å². The van der Waals surface area contributed by atoms with Crippen LogP contribution in [0.4, 0.5) is 4.79 Å². The number of hydrogen-bond donors (Lipinski definition) is 4. The molecule has 10 nitrogen and oxygen atoms in total. The molecule has 0 radical (unpaired) electrons. The lowest BCUT2D eigenvalue weighted by Crippen LogP contribution is -2.54. The van der Waals surface area contributed by atoms with Crippen LogP contribution in [0, 0.1) is 0 Å². The molecule has 1 aromatic rings. The lowest BCUT2D eigenvalue weighted by Gasteiger charge is -2.28. The molecule has 0 aliphatic carbocycles. The van der Waals surface area contributed by atoms with Crippen LogP contribution in [0.3, 0.4) is 0 Å². The molecule has 186 valence electrons. The first-order chi connectivity index (χ1) is 15.4. The van der Waals surface area contributed by atoms with Crippen molar-refractivity contribution in [3.63, 3.8) is 0 Å². The normalized spacial score (nSPS) is 13.0. The Kier molecular flexibility index (Phi) is 12.8. The standard InChI is InChI=1S/C19H28Cl3N5O5S/c1-27(15(28)10-23)14(9-12-5-4-8-33-12)17(30)26-13(16(24)29)6-2-3-7-25-18(31)32-11-19(20,21)22/h4-5,8,13-14H,2-3,6-7,9-11,23H2,1H3,(H2,24,29)(H,25,31)(H,26,30). The van der Waals surface area contributed by atoms with Gasteiger partial charge in [0.15, 0.2) is 0 Å². The van der Waals surface area contributed by atoms with Crippen molar-refractivity contribution in [1.29, 1.82) is 0 Å². The zero-order valence-corrected chi connectivity index (χ0v) is 21.1. The minimum absolute atomic E-state index is 0.242. The number of nitrogens with two attached hydrogens (primary N) is 2. The molecule has 0 aromatic carbocycles. The second-order valence-corrected chi connectivity index (χ2v) is 10.6. The highest BCUT2D eigenvalue weighted by Crippen LogP contribution is 2.25. The van der Waals surface area contributed by atoms with Crippen LogP contribution in [0.1, 0.15) is 24.1 Å². The summed E-state index contributed by atoms with van der Waals surface area (Å²) in [6.07, 6.45) is 0.715. The van der Waals surface area contributed by atoms with Gasteiger partial charge < -0.3 is 31.7 Å². The van der Waals surface area contributed by atoms with Crippen molar-refractivity contribution < 1.29 is 23.9 Å². The summed E-state index contributed by atoms with van der Waals surface area (Å²) in [7, 11) is 1.49. The molecule has 1 aromatic heterocycles. The summed E-state index contributed by atoms with van der Waals surface area (Å²) in [5, 5.41) is 6.97. The molecule has 0 bridgehead atoms. The molecule has 0 spiro atoms. The number of rotatable bonds is 13. The van der Waals surface area contributed by atoms with Gasteiger partial charge in [-0.2, -0.15) is 0 Å². The quantitative estimate of drug-likeness (QED) is 0.217. The maximum Gasteiger partial charge on any atom is 0.407 e. The van der Waals surface area contributed by atoms with Crippen molar-refractivity contribution in [3.8, 4) is 0 Å². The van der Waals surface area contributed by atoms with E-state index in [-0.39, 0.29) is 25.9 Å². The molecular formula is C19H28Cl3N5O5S. The molecule has 1 heterocycles. The fraction of sp³-hybridized carbons (Fsp3) is 0.579. The van der Waals surface area contributed by atoms with Gasteiger partial charge in [0.05, 0.1) is 6.54 Å². The SMILES string of the molecule is CN(C(=O)CN)C(Cc1cccs1)C(=O)NC(CCCCNC(=O)OCC(Cl)(Cl)Cl)C(N)=O. The molecule has 2 unspecified atom stereocenters. The monoisotopic (exact) mass is 543 g/mol. The molecule has 6 N–H and O–H groups in total. The number of carbonyl (C=O) groups is 4. The maximum absolute atomic E-state index is 12.9. The van der Waals surface area contributed by atoms with E-state index in [2.05, 4.69) is 10.6 Å². The van der Waals surface area contributed by atoms with E-state index in [0.29, 0.717) is 12.8 Å². The van der Waals surface area contributed by atoms with E-state index in [1.165, 1.54) is 23.3 Å². The van der Waals surface area contributed by atoms with Crippen molar-refractivity contribution in [2.24, 2.45) is 11.5 Å². The number of alkyl carbamates (subject to hydrolysis) is 1. The Bertz CT molecular complexity index is 791. The number of carbonyl (C=O) groups excluding carboxylic acids is 4. The molecule has 33 heavy (non-hydrogen) atoms. The summed E-state index contributed by atoms with van der Waals surface area (Å²) in [6, 6.07) is 1.90. The van der Waals surface area contributed by atoms with Gasteiger partial charge in [-0.1, -0.05) is 40.9 Å². The van der Waals surface area contributed by atoms with Crippen LogP contribution >= 0.6 is 46.1 Å². The van der Waals surface area contributed by atoms with Crippen LogP contribution in [0.5, 0.6) is 0 Å². The number of ether oxygens (including phenoxy) is 1. The smallest absolute Gasteiger partial charge is 0.407 e. The van der Waals surface area contributed by atoms with Crippen LogP contribution in [0.25, 0.3) is 0 Å². The molecular weight excluding hydrogens is 517 g/mol. The first kappa shape index (κ1) is 29.2. The van der Waals surface area contributed by atoms with Crippen molar-refractivity contribution >= 4 is 70.0 Å². The fourth-order valence-corrected chi connectivity index (χ4v) is 3.67. The zero-order valence-electron chi connectivity index (χ0n) is 18.0. The van der Waals surface area contributed by atoms with Gasteiger partial charge in [0, 0.05) is 24.9 Å². The number of amides is 4. The zero-order chi connectivity index (χ0) is 25.0. The predicted molar refractivity (Wildman–Crippen MR) is 128 cm³/mol. The molecule has 0 aliphatic heterocycles. The number of halogens is 3. The highest BCUT2D eigenvalue weighted by Gasteiger charge is 2.30. The van der Waals surface area contributed by atoms with E-state index in [9.17, 15) is 19.2 Å². The predicted octanol–water partition coefficient (Wildman–Crippen LogP) is 1.31. The molecule has 4 amide bonds. The summed E-state index contributed by atoms with van der Waals surface area (Å²) in [5.41, 5.74) is 10.9. The van der Waals surface area contributed by atoms with Gasteiger partial charge >= 0.3 is 6.09 Å². The number of thiophene rings is 1. The molecule has 1 rings (SSSR count). The minimum Gasteiger partial charge on any atom is -0.445 e. The summed E-state index contributed by atoms with van der Waals surface area (Å²) < 4.78 is 3.03.